The first-order valence-corrected chi connectivity index (χ1v) is 6.42. The second-order valence-electron chi connectivity index (χ2n) is 4.15. The van der Waals surface area contributed by atoms with Crippen molar-refractivity contribution in [2.24, 2.45) is 29.4 Å². The molecule has 5 heteroatoms. The number of sulfone groups is 1. The highest BCUT2D eigenvalue weighted by atomic mass is 32.2. The fourth-order valence-corrected chi connectivity index (χ4v) is 5.19. The molecule has 76 valence electrons. The Morgan fingerprint density at radius 3 is 2.23 bits per heavy atom. The third-order valence-electron chi connectivity index (χ3n) is 3.58. The van der Waals surface area contributed by atoms with Crippen LogP contribution in [-0.4, -0.2) is 38.2 Å². The van der Waals surface area contributed by atoms with Gasteiger partial charge in [-0.3, -0.25) is 0 Å². The summed E-state index contributed by atoms with van der Waals surface area (Å²) in [4.78, 5) is 0. The standard InChI is InChI=1S/C8H15NO3S/c9-1-5-6(2-10)8-4-13(11,12)3-7(5)8/h5-8,10H,1-4,9H2/t5-,6+,7-,8-/m1/s1. The van der Waals surface area contributed by atoms with Crippen molar-refractivity contribution >= 4 is 9.84 Å². The Morgan fingerprint density at radius 1 is 1.23 bits per heavy atom. The molecule has 1 saturated carbocycles. The largest absolute Gasteiger partial charge is 0.396 e. The van der Waals surface area contributed by atoms with Gasteiger partial charge in [-0.15, -0.1) is 0 Å². The summed E-state index contributed by atoms with van der Waals surface area (Å²) in [6.45, 7) is 0.584. The Kier molecular flexibility index (Phi) is 2.13. The van der Waals surface area contributed by atoms with Crippen LogP contribution in [0.5, 0.6) is 0 Å². The molecule has 0 bridgehead atoms. The van der Waals surface area contributed by atoms with Crippen molar-refractivity contribution in [1.29, 1.82) is 0 Å². The van der Waals surface area contributed by atoms with Crippen LogP contribution in [0.3, 0.4) is 0 Å². The topological polar surface area (TPSA) is 80.4 Å². The third kappa shape index (κ3) is 1.30. The van der Waals surface area contributed by atoms with Crippen molar-refractivity contribution in [3.05, 3.63) is 0 Å². The number of hydrogen-bond acceptors (Lipinski definition) is 4. The van der Waals surface area contributed by atoms with Crippen LogP contribution in [0.1, 0.15) is 0 Å². The van der Waals surface area contributed by atoms with Crippen molar-refractivity contribution in [3.8, 4) is 0 Å². The average Bonchev–Trinajstić information content (AvgIpc) is 2.30. The molecule has 3 N–H and O–H groups in total. The van der Waals surface area contributed by atoms with Crippen LogP contribution < -0.4 is 5.73 Å². The molecule has 1 heterocycles. The molecule has 1 aliphatic heterocycles. The second kappa shape index (κ2) is 2.93. The van der Waals surface area contributed by atoms with E-state index in [-0.39, 0.29) is 41.8 Å². The summed E-state index contributed by atoms with van der Waals surface area (Å²) in [7, 11) is -2.83. The first kappa shape index (κ1) is 9.43. The molecule has 1 saturated heterocycles. The molecule has 1 aliphatic carbocycles. The van der Waals surface area contributed by atoms with Gasteiger partial charge in [0, 0.05) is 6.61 Å². The maximum absolute atomic E-state index is 11.3. The SMILES string of the molecule is NC[C@@H]1[C@H](CO)[C@H]2CS(=O)(=O)C[C@H]12. The van der Waals surface area contributed by atoms with E-state index in [4.69, 9.17) is 10.8 Å². The molecule has 0 aromatic rings. The van der Waals surface area contributed by atoms with Gasteiger partial charge in [-0.05, 0) is 30.2 Å². The number of fused-ring (bicyclic) bond motifs is 1. The van der Waals surface area contributed by atoms with E-state index in [1.165, 1.54) is 0 Å². The molecule has 0 amide bonds. The van der Waals surface area contributed by atoms with Gasteiger partial charge in [-0.25, -0.2) is 8.42 Å². The number of rotatable bonds is 2. The van der Waals surface area contributed by atoms with Crippen LogP contribution in [0.15, 0.2) is 0 Å². The van der Waals surface area contributed by atoms with Crippen LogP contribution in [0.4, 0.5) is 0 Å². The third-order valence-corrected chi connectivity index (χ3v) is 5.36. The van der Waals surface area contributed by atoms with Gasteiger partial charge in [0.05, 0.1) is 11.5 Å². The Balaban J connectivity index is 2.15. The van der Waals surface area contributed by atoms with Crippen LogP contribution in [-0.2, 0) is 9.84 Å². The minimum absolute atomic E-state index is 0.0819. The lowest BCUT2D eigenvalue weighted by Gasteiger charge is -2.46. The number of nitrogens with two attached hydrogens (primary N) is 1. The molecule has 13 heavy (non-hydrogen) atoms. The van der Waals surface area contributed by atoms with Crippen molar-refractivity contribution in [1.82, 2.24) is 0 Å². The van der Waals surface area contributed by atoms with Gasteiger partial charge in [-0.2, -0.15) is 0 Å². The number of aliphatic hydroxyl groups excluding tert-OH is 1. The second-order valence-corrected chi connectivity index (χ2v) is 6.30. The van der Waals surface area contributed by atoms with Gasteiger partial charge in [0.25, 0.3) is 0 Å². The summed E-state index contributed by atoms with van der Waals surface area (Å²) in [6.07, 6.45) is 0. The zero-order chi connectivity index (χ0) is 9.64. The van der Waals surface area contributed by atoms with Crippen LogP contribution in [0.25, 0.3) is 0 Å². The zero-order valence-electron chi connectivity index (χ0n) is 7.39. The van der Waals surface area contributed by atoms with Crippen LogP contribution in [0.2, 0.25) is 0 Å². The Hall–Kier alpha value is -0.130. The summed E-state index contributed by atoms with van der Waals surface area (Å²) < 4.78 is 22.6. The molecule has 0 aromatic heterocycles. The average molecular weight is 205 g/mol. The van der Waals surface area contributed by atoms with Crippen molar-refractivity contribution in [2.45, 2.75) is 0 Å². The lowest BCUT2D eigenvalue weighted by Crippen LogP contribution is -2.51. The van der Waals surface area contributed by atoms with Gasteiger partial charge >= 0.3 is 0 Å². The van der Waals surface area contributed by atoms with Gasteiger partial charge in [0.15, 0.2) is 9.84 Å². The summed E-state index contributed by atoms with van der Waals surface area (Å²) in [5.74, 6) is 1.32. The fraction of sp³-hybridized carbons (Fsp3) is 1.00. The Labute approximate surface area is 78.0 Å². The van der Waals surface area contributed by atoms with E-state index in [0.717, 1.165) is 0 Å². The van der Waals surface area contributed by atoms with Gasteiger partial charge in [-0.1, -0.05) is 0 Å². The predicted octanol–water partition coefficient (Wildman–Crippen LogP) is -1.16. The molecule has 0 unspecified atom stereocenters. The number of hydrogen-bond donors (Lipinski definition) is 2. The first-order valence-electron chi connectivity index (χ1n) is 4.60. The minimum atomic E-state index is -2.83. The molecule has 4 nitrogen and oxygen atoms in total. The molecule has 2 aliphatic rings. The van der Waals surface area contributed by atoms with Crippen molar-refractivity contribution in [3.63, 3.8) is 0 Å². The minimum Gasteiger partial charge on any atom is -0.396 e. The van der Waals surface area contributed by atoms with Crippen molar-refractivity contribution in [2.75, 3.05) is 24.7 Å². The van der Waals surface area contributed by atoms with Crippen molar-refractivity contribution < 1.29 is 13.5 Å². The van der Waals surface area contributed by atoms with Gasteiger partial charge in [0.2, 0.25) is 0 Å². The first-order chi connectivity index (χ1) is 6.09. The zero-order valence-corrected chi connectivity index (χ0v) is 8.20. The predicted molar refractivity (Wildman–Crippen MR) is 48.8 cm³/mol. The summed E-state index contributed by atoms with van der Waals surface area (Å²) in [5.41, 5.74) is 5.54. The van der Waals surface area contributed by atoms with E-state index in [0.29, 0.717) is 6.54 Å². The lowest BCUT2D eigenvalue weighted by atomic mass is 9.58. The van der Waals surface area contributed by atoms with Gasteiger partial charge < -0.3 is 10.8 Å². The highest BCUT2D eigenvalue weighted by molar-refractivity contribution is 7.91. The quantitative estimate of drug-likeness (QED) is 0.596. The molecule has 4 atom stereocenters. The van der Waals surface area contributed by atoms with E-state index < -0.39 is 9.84 Å². The monoisotopic (exact) mass is 205 g/mol. The summed E-state index contributed by atoms with van der Waals surface area (Å²) in [6, 6.07) is 0. The maximum atomic E-state index is 11.3. The summed E-state index contributed by atoms with van der Waals surface area (Å²) >= 11 is 0. The normalized spacial score (nSPS) is 46.9. The van der Waals surface area contributed by atoms with E-state index in [1.54, 1.807) is 0 Å². The highest BCUT2D eigenvalue weighted by Crippen LogP contribution is 2.50. The number of aliphatic hydroxyl groups is 1. The highest BCUT2D eigenvalue weighted by Gasteiger charge is 2.55. The maximum Gasteiger partial charge on any atom is 0.150 e. The Bertz CT molecular complexity index is 277. The molecule has 2 fully saturated rings. The molecular formula is C8H15NO3S. The smallest absolute Gasteiger partial charge is 0.150 e. The van der Waals surface area contributed by atoms with E-state index in [9.17, 15) is 8.42 Å². The molecule has 2 rings (SSSR count). The lowest BCUT2D eigenvalue weighted by molar-refractivity contribution is -0.0169. The van der Waals surface area contributed by atoms with E-state index in [2.05, 4.69) is 0 Å². The fourth-order valence-electron chi connectivity index (χ4n) is 2.89. The summed E-state index contributed by atoms with van der Waals surface area (Å²) in [5, 5.41) is 9.05. The van der Waals surface area contributed by atoms with Gasteiger partial charge in [0.1, 0.15) is 0 Å². The molecule has 0 spiro atoms. The molecular weight excluding hydrogens is 190 g/mol. The van der Waals surface area contributed by atoms with Crippen LogP contribution in [0, 0.1) is 23.7 Å². The molecule has 0 aromatic carbocycles. The van der Waals surface area contributed by atoms with Crippen LogP contribution >= 0.6 is 0 Å². The van der Waals surface area contributed by atoms with E-state index >= 15 is 0 Å². The molecule has 0 radical (unpaired) electrons. The van der Waals surface area contributed by atoms with E-state index in [1.807, 2.05) is 0 Å². The Morgan fingerprint density at radius 2 is 1.77 bits per heavy atom.